The van der Waals surface area contributed by atoms with Crippen LogP contribution in [0, 0.1) is 13.8 Å². The van der Waals surface area contributed by atoms with Crippen LogP contribution in [0.25, 0.3) is 0 Å². The zero-order valence-corrected chi connectivity index (χ0v) is 11.4. The quantitative estimate of drug-likeness (QED) is 0.835. The first-order valence-corrected chi connectivity index (χ1v) is 5.90. The van der Waals surface area contributed by atoms with Crippen molar-refractivity contribution >= 4 is 23.1 Å². The molecule has 4 nitrogen and oxygen atoms in total. The van der Waals surface area contributed by atoms with Crippen LogP contribution in [0.15, 0.2) is 10.5 Å². The number of furan rings is 1. The molecule has 94 valence electrons. The van der Waals surface area contributed by atoms with Gasteiger partial charge >= 0.3 is 0 Å². The number of carbonyl (C=O) groups excluding carboxylic acids is 1. The van der Waals surface area contributed by atoms with Crippen LogP contribution >= 0.6 is 12.2 Å². The monoisotopic (exact) mass is 254 g/mol. The van der Waals surface area contributed by atoms with Gasteiger partial charge in [-0.25, -0.2) is 0 Å². The lowest BCUT2D eigenvalue weighted by molar-refractivity contribution is 0.0734. The smallest absolute Gasteiger partial charge is 0.258 e. The maximum absolute atomic E-state index is 12.3. The molecule has 0 bridgehead atoms. The van der Waals surface area contributed by atoms with Gasteiger partial charge in [-0.15, -0.1) is 0 Å². The molecule has 0 fully saturated rings. The third-order valence-electron chi connectivity index (χ3n) is 2.48. The average Bonchev–Trinajstić information content (AvgIpc) is 2.52. The van der Waals surface area contributed by atoms with Crippen LogP contribution in [0.3, 0.4) is 0 Å². The molecule has 0 aliphatic carbocycles. The molecule has 2 N–H and O–H groups in total. The summed E-state index contributed by atoms with van der Waals surface area (Å²) < 4.78 is 5.36. The maximum Gasteiger partial charge on any atom is 0.258 e. The minimum Gasteiger partial charge on any atom is -0.466 e. The fourth-order valence-electron chi connectivity index (χ4n) is 1.65. The number of aryl methyl sites for hydroxylation is 2. The summed E-state index contributed by atoms with van der Waals surface area (Å²) >= 11 is 4.86. The van der Waals surface area contributed by atoms with Crippen molar-refractivity contribution in [1.29, 1.82) is 0 Å². The van der Waals surface area contributed by atoms with Gasteiger partial charge in [0.1, 0.15) is 11.5 Å². The molecule has 17 heavy (non-hydrogen) atoms. The molecule has 0 aliphatic rings. The fraction of sp³-hybridized carbons (Fsp3) is 0.500. The molecule has 5 heteroatoms. The Bertz CT molecular complexity index is 438. The van der Waals surface area contributed by atoms with Crippen LogP contribution in [0.5, 0.6) is 0 Å². The van der Waals surface area contributed by atoms with Gasteiger partial charge in [0, 0.05) is 6.04 Å². The van der Waals surface area contributed by atoms with Crippen LogP contribution in [0.4, 0.5) is 0 Å². The van der Waals surface area contributed by atoms with Gasteiger partial charge in [0.05, 0.1) is 17.1 Å². The molecule has 0 aromatic carbocycles. The predicted molar refractivity (Wildman–Crippen MR) is 71.1 cm³/mol. The predicted octanol–water partition coefficient (Wildman–Crippen LogP) is 2.03. The van der Waals surface area contributed by atoms with Gasteiger partial charge in [0.2, 0.25) is 0 Å². The lowest BCUT2D eigenvalue weighted by atomic mass is 10.2. The van der Waals surface area contributed by atoms with E-state index >= 15 is 0 Å². The Morgan fingerprint density at radius 2 is 2.12 bits per heavy atom. The number of rotatable bonds is 4. The number of nitrogens with two attached hydrogens (primary N) is 1. The van der Waals surface area contributed by atoms with Crippen molar-refractivity contribution in [3.63, 3.8) is 0 Å². The first kappa shape index (κ1) is 13.7. The number of hydrogen-bond donors (Lipinski definition) is 1. The van der Waals surface area contributed by atoms with Crippen molar-refractivity contribution in [2.75, 3.05) is 6.54 Å². The summed E-state index contributed by atoms with van der Waals surface area (Å²) in [7, 11) is 0. The summed E-state index contributed by atoms with van der Waals surface area (Å²) in [5.74, 6) is 1.26. The molecule has 0 atom stereocenters. The highest BCUT2D eigenvalue weighted by molar-refractivity contribution is 7.80. The molecule has 0 saturated heterocycles. The van der Waals surface area contributed by atoms with E-state index in [9.17, 15) is 4.79 Å². The van der Waals surface area contributed by atoms with Gasteiger partial charge < -0.3 is 15.1 Å². The summed E-state index contributed by atoms with van der Waals surface area (Å²) in [5, 5.41) is 0. The number of nitrogens with zero attached hydrogens (tertiary/aromatic N) is 1. The molecule has 0 radical (unpaired) electrons. The maximum atomic E-state index is 12.3. The zero-order chi connectivity index (χ0) is 13.2. The molecular weight excluding hydrogens is 236 g/mol. The highest BCUT2D eigenvalue weighted by atomic mass is 32.1. The number of carbonyl (C=O) groups is 1. The van der Waals surface area contributed by atoms with E-state index in [0.717, 1.165) is 5.76 Å². The lowest BCUT2D eigenvalue weighted by Crippen LogP contribution is -2.42. The zero-order valence-electron chi connectivity index (χ0n) is 10.6. The number of thiocarbonyl (C=S) groups is 1. The second-order valence-corrected chi connectivity index (χ2v) is 4.84. The molecule has 1 heterocycles. The van der Waals surface area contributed by atoms with E-state index in [0.29, 0.717) is 16.3 Å². The number of amides is 1. The van der Waals surface area contributed by atoms with Gasteiger partial charge in [0.15, 0.2) is 0 Å². The van der Waals surface area contributed by atoms with Crippen molar-refractivity contribution in [3.05, 3.63) is 23.2 Å². The third kappa shape index (κ3) is 3.30. The van der Waals surface area contributed by atoms with E-state index in [1.807, 2.05) is 20.8 Å². The SMILES string of the molecule is Cc1cc(C(=O)N(CC(N)=S)C(C)C)c(C)o1. The van der Waals surface area contributed by atoms with Gasteiger partial charge in [0.25, 0.3) is 5.91 Å². The highest BCUT2D eigenvalue weighted by Crippen LogP contribution is 2.17. The largest absolute Gasteiger partial charge is 0.466 e. The minimum atomic E-state index is -0.0952. The van der Waals surface area contributed by atoms with E-state index in [4.69, 9.17) is 22.4 Å². The van der Waals surface area contributed by atoms with Gasteiger partial charge in [-0.05, 0) is 33.8 Å². The van der Waals surface area contributed by atoms with Crippen molar-refractivity contribution < 1.29 is 9.21 Å². The Morgan fingerprint density at radius 1 is 1.53 bits per heavy atom. The summed E-state index contributed by atoms with van der Waals surface area (Å²) in [4.78, 5) is 14.3. The first-order valence-electron chi connectivity index (χ1n) is 5.49. The molecule has 0 saturated carbocycles. The van der Waals surface area contributed by atoms with Crippen molar-refractivity contribution in [2.24, 2.45) is 5.73 Å². The van der Waals surface area contributed by atoms with E-state index in [1.165, 1.54) is 0 Å². The third-order valence-corrected chi connectivity index (χ3v) is 2.61. The Hall–Kier alpha value is -1.36. The standard InChI is InChI=1S/C12H18N2O2S/c1-7(2)14(6-11(13)17)12(15)10-5-8(3)16-9(10)4/h5,7H,6H2,1-4H3,(H2,13,17). The van der Waals surface area contributed by atoms with Crippen molar-refractivity contribution in [1.82, 2.24) is 4.90 Å². The topological polar surface area (TPSA) is 59.5 Å². The Labute approximate surface area is 107 Å². The van der Waals surface area contributed by atoms with Crippen LogP contribution in [0.1, 0.15) is 35.7 Å². The van der Waals surface area contributed by atoms with Gasteiger partial charge in [-0.1, -0.05) is 12.2 Å². The second-order valence-electron chi connectivity index (χ2n) is 4.32. The van der Waals surface area contributed by atoms with Gasteiger partial charge in [-0.2, -0.15) is 0 Å². The van der Waals surface area contributed by atoms with Crippen LogP contribution in [-0.4, -0.2) is 28.4 Å². The van der Waals surface area contributed by atoms with Crippen molar-refractivity contribution in [3.8, 4) is 0 Å². The minimum absolute atomic E-state index is 0.0404. The Kier molecular flexibility index (Phi) is 4.28. The fourth-order valence-corrected chi connectivity index (χ4v) is 1.79. The Morgan fingerprint density at radius 3 is 2.47 bits per heavy atom. The van der Waals surface area contributed by atoms with E-state index < -0.39 is 0 Å². The molecule has 0 spiro atoms. The lowest BCUT2D eigenvalue weighted by Gasteiger charge is -2.25. The van der Waals surface area contributed by atoms with E-state index in [2.05, 4.69) is 0 Å². The number of hydrogen-bond acceptors (Lipinski definition) is 3. The van der Waals surface area contributed by atoms with Crippen LogP contribution in [-0.2, 0) is 0 Å². The summed E-state index contributed by atoms with van der Waals surface area (Å²) in [6.07, 6.45) is 0. The summed E-state index contributed by atoms with van der Waals surface area (Å²) in [6.45, 7) is 7.74. The molecule has 0 unspecified atom stereocenters. The molecule has 0 aliphatic heterocycles. The van der Waals surface area contributed by atoms with Crippen LogP contribution in [0.2, 0.25) is 0 Å². The summed E-state index contributed by atoms with van der Waals surface area (Å²) in [6, 6.07) is 1.78. The molecule has 1 aromatic rings. The van der Waals surface area contributed by atoms with Crippen LogP contribution < -0.4 is 5.73 Å². The van der Waals surface area contributed by atoms with E-state index in [-0.39, 0.29) is 18.5 Å². The molecule has 1 amide bonds. The van der Waals surface area contributed by atoms with E-state index in [1.54, 1.807) is 17.9 Å². The average molecular weight is 254 g/mol. The molecule has 1 aromatic heterocycles. The molecule has 1 rings (SSSR count). The first-order chi connectivity index (χ1) is 7.82. The molecular formula is C12H18N2O2S. The van der Waals surface area contributed by atoms with Crippen molar-refractivity contribution in [2.45, 2.75) is 33.7 Å². The Balaban J connectivity index is 2.99. The highest BCUT2D eigenvalue weighted by Gasteiger charge is 2.22. The normalized spacial score (nSPS) is 10.6. The van der Waals surface area contributed by atoms with Gasteiger partial charge in [-0.3, -0.25) is 4.79 Å². The second kappa shape index (κ2) is 5.31. The summed E-state index contributed by atoms with van der Waals surface area (Å²) in [5.41, 5.74) is 6.08.